The molecule has 1 aliphatic rings. The molecule has 0 radical (unpaired) electrons. The van der Waals surface area contributed by atoms with Gasteiger partial charge >= 0.3 is 5.97 Å². The van der Waals surface area contributed by atoms with Gasteiger partial charge in [-0.25, -0.2) is 9.48 Å². The fourth-order valence-electron chi connectivity index (χ4n) is 2.59. The molecule has 2 aromatic rings. The highest BCUT2D eigenvalue weighted by Crippen LogP contribution is 2.28. The predicted octanol–water partition coefficient (Wildman–Crippen LogP) is 1.51. The second kappa shape index (κ2) is 5.46. The summed E-state index contributed by atoms with van der Waals surface area (Å²) in [6.07, 6.45) is 2.80. The van der Waals surface area contributed by atoms with Crippen LogP contribution in [0.2, 0.25) is 0 Å². The fraction of sp³-hybridized carbons (Fsp3) is 0.333. The molecule has 0 fully saturated rings. The standard InChI is InChI=1S/C15H16N2O3/c18-9-10-20-15(19)14-12-7-4-8-13(12)17(16-14)11-5-2-1-3-6-11/h1-3,5-6,18H,4,7-10H2. The van der Waals surface area contributed by atoms with Crippen LogP contribution in [0, 0.1) is 0 Å². The molecule has 1 aromatic heterocycles. The molecule has 1 aromatic carbocycles. The maximum atomic E-state index is 12.0. The number of hydrogen-bond acceptors (Lipinski definition) is 4. The normalized spacial score (nSPS) is 13.2. The maximum Gasteiger partial charge on any atom is 0.359 e. The Morgan fingerprint density at radius 2 is 2.10 bits per heavy atom. The van der Waals surface area contributed by atoms with Crippen LogP contribution in [0.1, 0.15) is 28.2 Å². The minimum Gasteiger partial charge on any atom is -0.458 e. The number of fused-ring (bicyclic) bond motifs is 1. The summed E-state index contributed by atoms with van der Waals surface area (Å²) in [5, 5.41) is 13.2. The summed E-state index contributed by atoms with van der Waals surface area (Å²) in [4.78, 5) is 12.0. The van der Waals surface area contributed by atoms with Gasteiger partial charge in [0.1, 0.15) is 6.61 Å². The molecule has 104 valence electrons. The Bertz CT molecular complexity index is 620. The number of aliphatic hydroxyl groups is 1. The monoisotopic (exact) mass is 272 g/mol. The van der Waals surface area contributed by atoms with Crippen molar-refractivity contribution in [3.63, 3.8) is 0 Å². The Kier molecular flexibility index (Phi) is 3.52. The van der Waals surface area contributed by atoms with E-state index in [0.29, 0.717) is 5.69 Å². The first kappa shape index (κ1) is 12.9. The van der Waals surface area contributed by atoms with Gasteiger partial charge in [0.15, 0.2) is 5.69 Å². The molecule has 0 aliphatic heterocycles. The number of para-hydroxylation sites is 1. The van der Waals surface area contributed by atoms with Gasteiger partial charge in [-0.05, 0) is 31.4 Å². The van der Waals surface area contributed by atoms with Crippen molar-refractivity contribution >= 4 is 5.97 Å². The zero-order valence-electron chi connectivity index (χ0n) is 11.1. The number of rotatable bonds is 4. The molecule has 0 saturated heterocycles. The molecule has 0 saturated carbocycles. The van der Waals surface area contributed by atoms with Crippen molar-refractivity contribution in [3.05, 3.63) is 47.3 Å². The minimum absolute atomic E-state index is 0.00576. The van der Waals surface area contributed by atoms with Crippen LogP contribution in [0.25, 0.3) is 5.69 Å². The van der Waals surface area contributed by atoms with Crippen molar-refractivity contribution in [2.24, 2.45) is 0 Å². The number of carbonyl (C=O) groups is 1. The predicted molar refractivity (Wildman–Crippen MR) is 73.0 cm³/mol. The molecular weight excluding hydrogens is 256 g/mol. The first-order valence-electron chi connectivity index (χ1n) is 6.75. The first-order chi connectivity index (χ1) is 9.81. The van der Waals surface area contributed by atoms with E-state index in [-0.39, 0.29) is 13.2 Å². The summed E-state index contributed by atoms with van der Waals surface area (Å²) in [6, 6.07) is 9.77. The van der Waals surface area contributed by atoms with Gasteiger partial charge in [-0.15, -0.1) is 0 Å². The summed E-state index contributed by atoms with van der Waals surface area (Å²) in [7, 11) is 0. The second-order valence-corrected chi connectivity index (χ2v) is 4.73. The van der Waals surface area contributed by atoms with Gasteiger partial charge in [0, 0.05) is 11.3 Å². The van der Waals surface area contributed by atoms with Gasteiger partial charge < -0.3 is 9.84 Å². The molecule has 0 spiro atoms. The number of carbonyl (C=O) groups excluding carboxylic acids is 1. The van der Waals surface area contributed by atoms with Crippen LogP contribution in [0.3, 0.4) is 0 Å². The van der Waals surface area contributed by atoms with Gasteiger partial charge in [0.05, 0.1) is 12.3 Å². The third-order valence-corrected chi connectivity index (χ3v) is 3.45. The van der Waals surface area contributed by atoms with Gasteiger partial charge in [0.2, 0.25) is 0 Å². The van der Waals surface area contributed by atoms with Gasteiger partial charge in [-0.1, -0.05) is 18.2 Å². The Labute approximate surface area is 116 Å². The zero-order valence-corrected chi connectivity index (χ0v) is 11.1. The van der Waals surface area contributed by atoms with Crippen molar-refractivity contribution in [1.82, 2.24) is 9.78 Å². The lowest BCUT2D eigenvalue weighted by atomic mass is 10.2. The highest BCUT2D eigenvalue weighted by atomic mass is 16.5. The average molecular weight is 272 g/mol. The number of hydrogen-bond donors (Lipinski definition) is 1. The number of nitrogens with zero attached hydrogens (tertiary/aromatic N) is 2. The highest BCUT2D eigenvalue weighted by Gasteiger charge is 2.27. The lowest BCUT2D eigenvalue weighted by Gasteiger charge is -2.04. The molecule has 0 atom stereocenters. The molecule has 0 bridgehead atoms. The summed E-state index contributed by atoms with van der Waals surface area (Å²) in [5.41, 5.74) is 3.41. The van der Waals surface area contributed by atoms with Crippen molar-refractivity contribution in [3.8, 4) is 5.69 Å². The van der Waals surface area contributed by atoms with Gasteiger partial charge in [-0.2, -0.15) is 5.10 Å². The van der Waals surface area contributed by atoms with E-state index >= 15 is 0 Å². The molecule has 1 heterocycles. The topological polar surface area (TPSA) is 64.3 Å². The molecular formula is C15H16N2O3. The van der Waals surface area contributed by atoms with Crippen LogP contribution in [-0.4, -0.2) is 34.1 Å². The Balaban J connectivity index is 1.99. The first-order valence-corrected chi connectivity index (χ1v) is 6.75. The summed E-state index contributed by atoms with van der Waals surface area (Å²) in [6.45, 7) is -0.168. The van der Waals surface area contributed by atoms with Crippen molar-refractivity contribution < 1.29 is 14.6 Å². The van der Waals surface area contributed by atoms with E-state index in [1.165, 1.54) is 0 Å². The maximum absolute atomic E-state index is 12.0. The van der Waals surface area contributed by atoms with Crippen molar-refractivity contribution in [2.45, 2.75) is 19.3 Å². The Morgan fingerprint density at radius 3 is 2.85 bits per heavy atom. The molecule has 3 rings (SSSR count). The lowest BCUT2D eigenvalue weighted by molar-refractivity contribution is 0.0425. The van der Waals surface area contributed by atoms with Crippen LogP contribution >= 0.6 is 0 Å². The van der Waals surface area contributed by atoms with Crippen LogP contribution in [0.5, 0.6) is 0 Å². The van der Waals surface area contributed by atoms with E-state index in [9.17, 15) is 4.79 Å². The lowest BCUT2D eigenvalue weighted by Crippen LogP contribution is -2.11. The molecule has 5 nitrogen and oxygen atoms in total. The SMILES string of the molecule is O=C(OCCO)c1nn(-c2ccccc2)c2c1CCC2. The molecule has 1 N–H and O–H groups in total. The number of ether oxygens (including phenoxy) is 1. The minimum atomic E-state index is -0.452. The summed E-state index contributed by atoms with van der Waals surface area (Å²) < 4.78 is 6.82. The smallest absolute Gasteiger partial charge is 0.359 e. The Hall–Kier alpha value is -2.14. The molecule has 5 heteroatoms. The van der Waals surface area contributed by atoms with Crippen LogP contribution < -0.4 is 0 Å². The average Bonchev–Trinajstić information content (AvgIpc) is 3.07. The van der Waals surface area contributed by atoms with Crippen LogP contribution in [0.4, 0.5) is 0 Å². The molecule has 20 heavy (non-hydrogen) atoms. The fourth-order valence-corrected chi connectivity index (χ4v) is 2.59. The van der Waals surface area contributed by atoms with Crippen molar-refractivity contribution in [2.75, 3.05) is 13.2 Å². The van der Waals surface area contributed by atoms with E-state index < -0.39 is 5.97 Å². The van der Waals surface area contributed by atoms with Crippen molar-refractivity contribution in [1.29, 1.82) is 0 Å². The number of aliphatic hydroxyl groups excluding tert-OH is 1. The van der Waals surface area contributed by atoms with E-state index in [2.05, 4.69) is 5.10 Å². The van der Waals surface area contributed by atoms with Gasteiger partial charge in [0.25, 0.3) is 0 Å². The molecule has 0 unspecified atom stereocenters. The molecule has 0 amide bonds. The second-order valence-electron chi connectivity index (χ2n) is 4.73. The molecule has 1 aliphatic carbocycles. The van der Waals surface area contributed by atoms with E-state index in [1.54, 1.807) is 0 Å². The van der Waals surface area contributed by atoms with E-state index in [0.717, 1.165) is 36.2 Å². The number of benzene rings is 1. The van der Waals surface area contributed by atoms with Gasteiger partial charge in [-0.3, -0.25) is 0 Å². The highest BCUT2D eigenvalue weighted by molar-refractivity contribution is 5.89. The van der Waals surface area contributed by atoms with Crippen LogP contribution in [-0.2, 0) is 17.6 Å². The summed E-state index contributed by atoms with van der Waals surface area (Å²) in [5.74, 6) is -0.452. The third-order valence-electron chi connectivity index (χ3n) is 3.45. The van der Waals surface area contributed by atoms with Crippen LogP contribution in [0.15, 0.2) is 30.3 Å². The quantitative estimate of drug-likeness (QED) is 0.857. The zero-order chi connectivity index (χ0) is 13.9. The Morgan fingerprint density at radius 1 is 1.30 bits per heavy atom. The van der Waals surface area contributed by atoms with E-state index in [1.807, 2.05) is 35.0 Å². The summed E-state index contributed by atoms with van der Waals surface area (Å²) >= 11 is 0. The third kappa shape index (κ3) is 2.20. The van der Waals surface area contributed by atoms with E-state index in [4.69, 9.17) is 9.84 Å². The largest absolute Gasteiger partial charge is 0.458 e. The number of aromatic nitrogens is 2. The number of esters is 1.